The summed E-state index contributed by atoms with van der Waals surface area (Å²) in [5.41, 5.74) is 0. The third kappa shape index (κ3) is 4.77. The molecule has 0 saturated heterocycles. The zero-order valence-corrected chi connectivity index (χ0v) is 6.75. The molecule has 3 atom stereocenters. The van der Waals surface area contributed by atoms with Crippen molar-refractivity contribution in [2.24, 2.45) is 5.92 Å². The Morgan fingerprint density at radius 2 is 1.70 bits per heavy atom. The molecule has 0 saturated carbocycles. The topological polar surface area (TPSA) is 40.5 Å². The second kappa shape index (κ2) is 4.69. The van der Waals surface area contributed by atoms with Gasteiger partial charge in [0.05, 0.1) is 12.2 Å². The van der Waals surface area contributed by atoms with E-state index in [9.17, 15) is 5.11 Å². The molecule has 0 fully saturated rings. The molecule has 2 heteroatoms. The number of hydrogen-bond donors (Lipinski definition) is 2. The molecule has 0 spiro atoms. The fourth-order valence-electron chi connectivity index (χ4n) is 0.696. The van der Waals surface area contributed by atoms with Crippen LogP contribution in [0.5, 0.6) is 0 Å². The van der Waals surface area contributed by atoms with E-state index < -0.39 is 0 Å². The van der Waals surface area contributed by atoms with E-state index in [0.717, 1.165) is 0 Å². The van der Waals surface area contributed by atoms with Crippen LogP contribution in [0.25, 0.3) is 0 Å². The molecule has 0 bridgehead atoms. The van der Waals surface area contributed by atoms with Crippen LogP contribution in [-0.2, 0) is 0 Å². The maximum atomic E-state index is 9.20. The van der Waals surface area contributed by atoms with Crippen LogP contribution in [0.3, 0.4) is 0 Å². The monoisotopic (exact) mass is 145 g/mol. The van der Waals surface area contributed by atoms with Crippen molar-refractivity contribution in [2.75, 3.05) is 0 Å². The van der Waals surface area contributed by atoms with Crippen molar-refractivity contribution in [3.63, 3.8) is 0 Å². The van der Waals surface area contributed by atoms with Crippen LogP contribution in [0.4, 0.5) is 0 Å². The van der Waals surface area contributed by atoms with E-state index >= 15 is 0 Å². The SMILES string of the molecule is [CH2]C(C)C(O)CCC(C)O. The zero-order valence-electron chi connectivity index (χ0n) is 6.75. The van der Waals surface area contributed by atoms with Gasteiger partial charge in [-0.2, -0.15) is 0 Å². The summed E-state index contributed by atoms with van der Waals surface area (Å²) in [4.78, 5) is 0. The minimum Gasteiger partial charge on any atom is -0.393 e. The van der Waals surface area contributed by atoms with E-state index in [0.29, 0.717) is 12.8 Å². The molecule has 61 valence electrons. The van der Waals surface area contributed by atoms with Crippen LogP contribution in [0.1, 0.15) is 26.7 Å². The molecule has 0 aliphatic heterocycles. The van der Waals surface area contributed by atoms with E-state index in [1.165, 1.54) is 0 Å². The molecule has 0 aromatic carbocycles. The van der Waals surface area contributed by atoms with Gasteiger partial charge >= 0.3 is 0 Å². The number of aliphatic hydroxyl groups excluding tert-OH is 2. The van der Waals surface area contributed by atoms with Gasteiger partial charge in [-0.15, -0.1) is 0 Å². The van der Waals surface area contributed by atoms with Crippen molar-refractivity contribution in [1.82, 2.24) is 0 Å². The van der Waals surface area contributed by atoms with Crippen molar-refractivity contribution in [1.29, 1.82) is 0 Å². The van der Waals surface area contributed by atoms with E-state index in [2.05, 4.69) is 6.92 Å². The Hall–Kier alpha value is -0.0800. The summed E-state index contributed by atoms with van der Waals surface area (Å²) in [6.07, 6.45) is 0.617. The second-order valence-corrected chi connectivity index (χ2v) is 2.97. The van der Waals surface area contributed by atoms with E-state index in [1.807, 2.05) is 6.92 Å². The summed E-state index contributed by atoms with van der Waals surface area (Å²) >= 11 is 0. The smallest absolute Gasteiger partial charge is 0.0566 e. The number of hydrogen-bond acceptors (Lipinski definition) is 2. The van der Waals surface area contributed by atoms with Gasteiger partial charge < -0.3 is 10.2 Å². The Morgan fingerprint density at radius 1 is 1.20 bits per heavy atom. The Labute approximate surface area is 62.9 Å². The molecule has 10 heavy (non-hydrogen) atoms. The first-order valence-corrected chi connectivity index (χ1v) is 3.73. The normalized spacial score (nSPS) is 17.4. The maximum Gasteiger partial charge on any atom is 0.0566 e. The third-order valence-corrected chi connectivity index (χ3v) is 1.54. The fraction of sp³-hybridized carbons (Fsp3) is 0.875. The lowest BCUT2D eigenvalue weighted by Gasteiger charge is -2.14. The lowest BCUT2D eigenvalue weighted by Crippen LogP contribution is -2.16. The van der Waals surface area contributed by atoms with Crippen LogP contribution < -0.4 is 0 Å². The summed E-state index contributed by atoms with van der Waals surface area (Å²) < 4.78 is 0. The molecule has 0 rings (SSSR count). The highest BCUT2D eigenvalue weighted by Gasteiger charge is 2.09. The van der Waals surface area contributed by atoms with Crippen molar-refractivity contribution >= 4 is 0 Å². The molecule has 0 aliphatic rings. The minimum absolute atomic E-state index is 0.0544. The molecular formula is C8H17O2. The van der Waals surface area contributed by atoms with Crippen LogP contribution >= 0.6 is 0 Å². The first kappa shape index (κ1) is 9.92. The van der Waals surface area contributed by atoms with Gasteiger partial charge in [0.2, 0.25) is 0 Å². The maximum absolute atomic E-state index is 9.20. The standard InChI is InChI=1S/C8H17O2/c1-6(2)8(10)5-4-7(3)9/h6-10H,1,4-5H2,2-3H3. The largest absolute Gasteiger partial charge is 0.393 e. The summed E-state index contributed by atoms with van der Waals surface area (Å²) in [5, 5.41) is 18.1. The lowest BCUT2D eigenvalue weighted by molar-refractivity contribution is 0.0983. The van der Waals surface area contributed by atoms with Gasteiger partial charge in [0.25, 0.3) is 0 Å². The molecule has 2 nitrogen and oxygen atoms in total. The first-order chi connectivity index (χ1) is 4.54. The van der Waals surface area contributed by atoms with Crippen molar-refractivity contribution in [3.8, 4) is 0 Å². The van der Waals surface area contributed by atoms with Gasteiger partial charge in [-0.3, -0.25) is 0 Å². The minimum atomic E-state index is -0.366. The van der Waals surface area contributed by atoms with Crippen LogP contribution in [0, 0.1) is 12.8 Å². The summed E-state index contributed by atoms with van der Waals surface area (Å²) in [6, 6.07) is 0. The fourth-order valence-corrected chi connectivity index (χ4v) is 0.696. The molecule has 0 aromatic heterocycles. The lowest BCUT2D eigenvalue weighted by atomic mass is 10.0. The predicted octanol–water partition coefficient (Wildman–Crippen LogP) is 0.978. The molecular weight excluding hydrogens is 128 g/mol. The van der Waals surface area contributed by atoms with E-state index in [-0.39, 0.29) is 18.1 Å². The number of rotatable bonds is 4. The van der Waals surface area contributed by atoms with Gasteiger partial charge in [0.15, 0.2) is 0 Å². The highest BCUT2D eigenvalue weighted by Crippen LogP contribution is 2.08. The summed E-state index contributed by atoms with van der Waals surface area (Å²) in [7, 11) is 0. The zero-order chi connectivity index (χ0) is 8.15. The van der Waals surface area contributed by atoms with Crippen molar-refractivity contribution in [2.45, 2.75) is 38.9 Å². The van der Waals surface area contributed by atoms with Gasteiger partial charge in [-0.05, 0) is 32.6 Å². The van der Waals surface area contributed by atoms with Crippen molar-refractivity contribution < 1.29 is 10.2 Å². The van der Waals surface area contributed by atoms with Crippen molar-refractivity contribution in [3.05, 3.63) is 6.92 Å². The average Bonchev–Trinajstić information content (AvgIpc) is 1.82. The van der Waals surface area contributed by atoms with Gasteiger partial charge in [0, 0.05) is 0 Å². The Kier molecular flexibility index (Phi) is 4.65. The molecule has 0 heterocycles. The molecule has 2 N–H and O–H groups in total. The summed E-state index contributed by atoms with van der Waals surface area (Å²) in [5.74, 6) is 0.0544. The first-order valence-electron chi connectivity index (χ1n) is 3.73. The highest BCUT2D eigenvalue weighted by molar-refractivity contribution is 4.66. The predicted molar refractivity (Wildman–Crippen MR) is 41.4 cm³/mol. The Bertz CT molecular complexity index is 79.3. The highest BCUT2D eigenvalue weighted by atomic mass is 16.3. The van der Waals surface area contributed by atoms with Crippen LogP contribution in [0.15, 0.2) is 0 Å². The Morgan fingerprint density at radius 3 is 2.00 bits per heavy atom. The van der Waals surface area contributed by atoms with E-state index in [4.69, 9.17) is 5.11 Å². The molecule has 1 radical (unpaired) electrons. The quantitative estimate of drug-likeness (QED) is 0.619. The number of aliphatic hydroxyl groups is 2. The molecule has 0 amide bonds. The van der Waals surface area contributed by atoms with Gasteiger partial charge in [-0.1, -0.05) is 6.92 Å². The van der Waals surface area contributed by atoms with Gasteiger partial charge in [0.1, 0.15) is 0 Å². The van der Waals surface area contributed by atoms with Crippen LogP contribution in [0.2, 0.25) is 0 Å². The summed E-state index contributed by atoms with van der Waals surface area (Å²) in [6.45, 7) is 7.28. The molecule has 0 aromatic rings. The molecule has 3 unspecified atom stereocenters. The molecule has 0 aliphatic carbocycles. The van der Waals surface area contributed by atoms with Crippen LogP contribution in [-0.4, -0.2) is 22.4 Å². The average molecular weight is 145 g/mol. The third-order valence-electron chi connectivity index (χ3n) is 1.54. The van der Waals surface area contributed by atoms with E-state index in [1.54, 1.807) is 6.92 Å². The van der Waals surface area contributed by atoms with Gasteiger partial charge in [-0.25, -0.2) is 0 Å². The Balaban J connectivity index is 3.30. The second-order valence-electron chi connectivity index (χ2n) is 2.97.